The fraction of sp³-hybridized carbons (Fsp3) is 0.464. The molecule has 2 aromatic carbocycles. The minimum absolute atomic E-state index is 0.000697. The highest BCUT2D eigenvalue weighted by Crippen LogP contribution is 2.45. The van der Waals surface area contributed by atoms with Crippen LogP contribution < -0.4 is 14.8 Å². The van der Waals surface area contributed by atoms with Crippen molar-refractivity contribution in [2.75, 3.05) is 31.7 Å². The van der Waals surface area contributed by atoms with Crippen LogP contribution in [0.1, 0.15) is 55.0 Å². The number of fused-ring (bicyclic) bond motifs is 4. The van der Waals surface area contributed by atoms with E-state index >= 15 is 4.39 Å². The second-order valence-electron chi connectivity index (χ2n) is 11.2. The van der Waals surface area contributed by atoms with E-state index in [2.05, 4.69) is 5.32 Å². The summed E-state index contributed by atoms with van der Waals surface area (Å²) in [6.45, 7) is 5.06. The van der Waals surface area contributed by atoms with Crippen molar-refractivity contribution in [3.8, 4) is 11.5 Å². The van der Waals surface area contributed by atoms with Gasteiger partial charge in [-0.25, -0.2) is 9.18 Å². The van der Waals surface area contributed by atoms with Crippen LogP contribution in [0.2, 0.25) is 0 Å². The van der Waals surface area contributed by atoms with Gasteiger partial charge in [-0.05, 0) is 59.6 Å². The Bertz CT molecular complexity index is 1350. The molecule has 3 heterocycles. The fourth-order valence-corrected chi connectivity index (χ4v) is 6.33. The van der Waals surface area contributed by atoms with Crippen molar-refractivity contribution in [1.29, 1.82) is 0 Å². The number of urea groups is 1. The number of anilines is 1. The molecule has 4 aliphatic rings. The molecule has 1 saturated heterocycles. The number of aryl methyl sites for hydroxylation is 1. The third kappa shape index (κ3) is 4.02. The molecule has 0 radical (unpaired) electrons. The average molecular weight is 524 g/mol. The van der Waals surface area contributed by atoms with Gasteiger partial charge in [-0.1, -0.05) is 19.9 Å². The van der Waals surface area contributed by atoms with E-state index in [1.807, 2.05) is 19.9 Å². The molecule has 1 fully saturated rings. The summed E-state index contributed by atoms with van der Waals surface area (Å²) in [7, 11) is 0. The van der Waals surface area contributed by atoms with E-state index in [0.717, 1.165) is 24.0 Å². The fourth-order valence-electron chi connectivity index (χ4n) is 6.33. The number of ether oxygens (including phenoxy) is 2. The van der Waals surface area contributed by atoms with E-state index < -0.39 is 17.9 Å². The number of nitrogens with one attached hydrogen (secondary N) is 1. The second-order valence-corrected chi connectivity index (χ2v) is 11.2. The van der Waals surface area contributed by atoms with E-state index in [1.165, 1.54) is 11.0 Å². The lowest BCUT2D eigenvalue weighted by Gasteiger charge is -2.45. The summed E-state index contributed by atoms with van der Waals surface area (Å²) < 4.78 is 26.3. The number of likely N-dealkylation sites (tertiary alicyclic amines) is 1. The molecule has 2 aromatic rings. The molecule has 0 bridgehead atoms. The smallest absolute Gasteiger partial charge is 0.320 e. The monoisotopic (exact) mass is 523 g/mol. The Hall–Kier alpha value is -3.82. The molecule has 3 amide bonds. The van der Waals surface area contributed by atoms with Crippen LogP contribution in [0.4, 0.5) is 14.9 Å². The van der Waals surface area contributed by atoms with Crippen molar-refractivity contribution >= 4 is 23.6 Å². The zero-order chi connectivity index (χ0) is 26.8. The quantitative estimate of drug-likeness (QED) is 0.631. The Morgan fingerprint density at radius 2 is 1.95 bits per heavy atom. The van der Waals surface area contributed by atoms with Gasteiger partial charge in [0.05, 0.1) is 6.42 Å². The Labute approximate surface area is 219 Å². The molecule has 38 heavy (non-hydrogen) atoms. The number of nitrogens with zero attached hydrogens (tertiary/aromatic N) is 2. The van der Waals surface area contributed by atoms with Crippen LogP contribution in [0.15, 0.2) is 24.3 Å². The van der Waals surface area contributed by atoms with Gasteiger partial charge in [0.1, 0.15) is 11.9 Å². The number of carboxylic acids is 1. The van der Waals surface area contributed by atoms with Gasteiger partial charge in [-0.2, -0.15) is 0 Å². The predicted molar refractivity (Wildman–Crippen MR) is 135 cm³/mol. The zero-order valence-corrected chi connectivity index (χ0v) is 21.4. The summed E-state index contributed by atoms with van der Waals surface area (Å²) in [5.74, 6) is -0.599. The van der Waals surface area contributed by atoms with E-state index in [9.17, 15) is 14.4 Å². The molecular formula is C28H30FN3O6. The van der Waals surface area contributed by atoms with Crippen LogP contribution in [-0.2, 0) is 27.8 Å². The molecule has 2 N–H and O–H groups in total. The van der Waals surface area contributed by atoms with Crippen LogP contribution in [-0.4, -0.2) is 59.2 Å². The van der Waals surface area contributed by atoms with Gasteiger partial charge in [0.25, 0.3) is 5.91 Å². The first kappa shape index (κ1) is 24.5. The highest BCUT2D eigenvalue weighted by atomic mass is 19.1. The van der Waals surface area contributed by atoms with E-state index in [4.69, 9.17) is 14.6 Å². The predicted octanol–water partition coefficient (Wildman–Crippen LogP) is 3.84. The van der Waals surface area contributed by atoms with Crippen molar-refractivity contribution in [3.05, 3.63) is 52.3 Å². The number of benzene rings is 2. The minimum atomic E-state index is -0.966. The number of hydrogen-bond acceptors (Lipinski definition) is 5. The van der Waals surface area contributed by atoms with Gasteiger partial charge in [0.2, 0.25) is 6.79 Å². The second kappa shape index (κ2) is 8.89. The number of halogens is 1. The summed E-state index contributed by atoms with van der Waals surface area (Å²) >= 11 is 0. The lowest BCUT2D eigenvalue weighted by molar-refractivity contribution is -0.139. The van der Waals surface area contributed by atoms with Gasteiger partial charge in [0, 0.05) is 36.8 Å². The molecule has 0 aromatic heterocycles. The molecule has 200 valence electrons. The number of amides is 3. The van der Waals surface area contributed by atoms with Gasteiger partial charge in [0.15, 0.2) is 11.5 Å². The van der Waals surface area contributed by atoms with Crippen molar-refractivity contribution in [2.45, 2.75) is 51.0 Å². The van der Waals surface area contributed by atoms with E-state index in [-0.39, 0.29) is 42.9 Å². The van der Waals surface area contributed by atoms with Gasteiger partial charge < -0.3 is 29.7 Å². The number of carboxylic acid groups (broad SMARTS) is 1. The van der Waals surface area contributed by atoms with Crippen molar-refractivity contribution in [1.82, 2.24) is 9.80 Å². The first-order chi connectivity index (χ1) is 18.1. The highest BCUT2D eigenvalue weighted by Gasteiger charge is 2.43. The molecule has 0 unspecified atom stereocenters. The van der Waals surface area contributed by atoms with E-state index in [0.29, 0.717) is 47.8 Å². The molecule has 10 heteroatoms. The van der Waals surface area contributed by atoms with Crippen LogP contribution in [0.25, 0.3) is 0 Å². The largest absolute Gasteiger partial charge is 0.481 e. The molecule has 0 spiro atoms. The lowest BCUT2D eigenvalue weighted by Crippen LogP contribution is -2.58. The topological polar surface area (TPSA) is 108 Å². The van der Waals surface area contributed by atoms with Gasteiger partial charge in [-0.15, -0.1) is 0 Å². The van der Waals surface area contributed by atoms with E-state index in [1.54, 1.807) is 17.0 Å². The van der Waals surface area contributed by atoms with Crippen LogP contribution >= 0.6 is 0 Å². The maximum Gasteiger partial charge on any atom is 0.320 e. The van der Waals surface area contributed by atoms with Gasteiger partial charge >= 0.3 is 12.0 Å². The summed E-state index contributed by atoms with van der Waals surface area (Å²) in [5, 5.41) is 11.9. The maximum atomic E-state index is 15.1. The minimum Gasteiger partial charge on any atom is -0.481 e. The molecule has 1 aliphatic carbocycles. The first-order valence-electron chi connectivity index (χ1n) is 12.9. The Balaban J connectivity index is 1.30. The molecule has 0 saturated carbocycles. The van der Waals surface area contributed by atoms with Crippen LogP contribution in [0.5, 0.6) is 11.5 Å². The van der Waals surface area contributed by atoms with Gasteiger partial charge in [-0.3, -0.25) is 9.59 Å². The SMILES string of the molecule is CC1(C)CCc2cc(NC(=O)[C@H]3c4ccc5c(c4CCN3C(=O)N3CC(CC(=O)O)C3)OCO5)cc(F)c21. The molecular weight excluding hydrogens is 493 g/mol. The first-order valence-corrected chi connectivity index (χ1v) is 12.9. The maximum absolute atomic E-state index is 15.1. The molecule has 3 aliphatic heterocycles. The average Bonchev–Trinajstić information content (AvgIpc) is 3.44. The van der Waals surface area contributed by atoms with Crippen molar-refractivity contribution in [3.63, 3.8) is 0 Å². The van der Waals surface area contributed by atoms with Crippen molar-refractivity contribution in [2.24, 2.45) is 5.92 Å². The van der Waals surface area contributed by atoms with Crippen molar-refractivity contribution < 1.29 is 33.4 Å². The third-order valence-electron chi connectivity index (χ3n) is 8.21. The van der Waals surface area contributed by atoms with Crippen LogP contribution in [0.3, 0.4) is 0 Å². The Morgan fingerprint density at radius 1 is 1.16 bits per heavy atom. The number of aliphatic carboxylic acids is 1. The van der Waals surface area contributed by atoms with Crippen LogP contribution in [0, 0.1) is 11.7 Å². The number of rotatable bonds is 4. The summed E-state index contributed by atoms with van der Waals surface area (Å²) in [5.41, 5.74) is 3.13. The summed E-state index contributed by atoms with van der Waals surface area (Å²) in [6.07, 6.45) is 2.05. The zero-order valence-electron chi connectivity index (χ0n) is 21.4. The summed E-state index contributed by atoms with van der Waals surface area (Å²) in [6, 6.07) is 5.41. The normalized spacial score (nSPS) is 21.0. The Kier molecular flexibility index (Phi) is 5.73. The number of carbonyl (C=O) groups is 3. The molecule has 6 rings (SSSR count). The Morgan fingerprint density at radius 3 is 2.71 bits per heavy atom. The lowest BCUT2D eigenvalue weighted by atomic mass is 9.86. The molecule has 1 atom stereocenters. The standard InChI is InChI=1S/C28H30FN3O6/c1-28(2)7-5-16-10-17(11-20(29)23(16)28)30-26(35)24-18-3-4-21-25(38-14-37-21)19(18)6-8-32(24)27(36)31-12-15(13-31)9-22(33)34/h3-4,10-11,15,24H,5-9,12-14H2,1-2H3,(H,30,35)(H,33,34)/t24-/m1/s1. The molecule has 9 nitrogen and oxygen atoms in total. The summed E-state index contributed by atoms with van der Waals surface area (Å²) in [4.78, 5) is 41.5. The number of carbonyl (C=O) groups excluding carboxylic acids is 2. The highest BCUT2D eigenvalue weighted by molar-refractivity contribution is 5.98. The third-order valence-corrected chi connectivity index (χ3v) is 8.21. The number of hydrogen-bond donors (Lipinski definition) is 2.